The number of nitrogens with one attached hydrogen (secondary N) is 1. The summed E-state index contributed by atoms with van der Waals surface area (Å²) in [4.78, 5) is 30.2. The lowest BCUT2D eigenvalue weighted by Gasteiger charge is -2.34. The lowest BCUT2D eigenvalue weighted by Crippen LogP contribution is -2.30. The zero-order valence-corrected chi connectivity index (χ0v) is 20.2. The van der Waals surface area contributed by atoms with Gasteiger partial charge in [-0.1, -0.05) is 36.2 Å². The zero-order valence-electron chi connectivity index (χ0n) is 19.4. The Morgan fingerprint density at radius 3 is 2.56 bits per heavy atom. The number of benzene rings is 2. The van der Waals surface area contributed by atoms with E-state index in [2.05, 4.69) is 16.4 Å². The maximum absolute atomic E-state index is 13.5. The molecule has 36 heavy (non-hydrogen) atoms. The van der Waals surface area contributed by atoms with E-state index in [9.17, 15) is 19.2 Å². The summed E-state index contributed by atoms with van der Waals surface area (Å²) in [6.07, 6.45) is 2.61. The number of carbonyl (C=O) groups is 2. The van der Waals surface area contributed by atoms with Crippen LogP contribution in [0.15, 0.2) is 59.0 Å². The predicted octanol–water partition coefficient (Wildman–Crippen LogP) is 6.58. The molecule has 1 aliphatic carbocycles. The van der Waals surface area contributed by atoms with Gasteiger partial charge in [-0.25, -0.2) is 9.37 Å². The average Bonchev–Trinajstić information content (AvgIpc) is 3.23. The highest BCUT2D eigenvalue weighted by Crippen LogP contribution is 2.44. The maximum atomic E-state index is 13.5. The lowest BCUT2D eigenvalue weighted by atomic mass is 9.66. The number of nitriles is 1. The number of hydrogen-bond acceptors (Lipinski definition) is 5. The maximum Gasteiger partial charge on any atom is 0.255 e. The molecule has 0 spiro atoms. The van der Waals surface area contributed by atoms with E-state index in [1.165, 1.54) is 31.3 Å². The first kappa shape index (κ1) is 23.7. The molecule has 1 aliphatic rings. The highest BCUT2D eigenvalue weighted by Gasteiger charge is 2.39. The average molecular weight is 502 g/mol. The van der Waals surface area contributed by atoms with Crippen molar-refractivity contribution in [1.29, 1.82) is 5.26 Å². The van der Waals surface area contributed by atoms with E-state index in [0.717, 1.165) is 19.3 Å². The van der Waals surface area contributed by atoms with Crippen molar-refractivity contribution in [2.45, 2.75) is 25.7 Å². The fourth-order valence-electron chi connectivity index (χ4n) is 4.56. The van der Waals surface area contributed by atoms with Crippen LogP contribution in [0, 0.1) is 22.6 Å². The minimum absolute atomic E-state index is 0.101. The third-order valence-corrected chi connectivity index (χ3v) is 7.03. The molecule has 2 heterocycles. The van der Waals surface area contributed by atoms with Gasteiger partial charge in [0.15, 0.2) is 5.78 Å². The number of aromatic nitrogens is 1. The largest absolute Gasteiger partial charge is 0.437 e. The normalized spacial score (nSPS) is 14.2. The van der Waals surface area contributed by atoms with E-state index in [0.29, 0.717) is 27.6 Å². The summed E-state index contributed by atoms with van der Waals surface area (Å²) < 4.78 is 19.4. The Labute approximate surface area is 211 Å². The Morgan fingerprint density at radius 1 is 1.17 bits per heavy atom. The second kappa shape index (κ2) is 9.21. The summed E-state index contributed by atoms with van der Waals surface area (Å²) in [6.45, 7) is 0. The van der Waals surface area contributed by atoms with Crippen molar-refractivity contribution in [3.63, 3.8) is 0 Å². The lowest BCUT2D eigenvalue weighted by molar-refractivity contribution is 0.0880. The van der Waals surface area contributed by atoms with Gasteiger partial charge in [0.05, 0.1) is 22.4 Å². The molecular weight excluding hydrogens is 481 g/mol. The standard InChI is InChI=1S/C28H21ClFN3O3/c1-32-26(35)23-21-13-20(25(29)33-27(21)36-24(23)16-6-8-19(30)9-7-16)17-4-2-5-18(12-17)22(34)14-28(15-31)10-3-11-28/h2,4-9,12-13H,3,10-11,14H2,1H3,(H,32,35). The summed E-state index contributed by atoms with van der Waals surface area (Å²) in [5, 5.41) is 12.7. The Morgan fingerprint density at radius 2 is 1.92 bits per heavy atom. The molecule has 4 aromatic rings. The van der Waals surface area contributed by atoms with Crippen LogP contribution >= 0.6 is 11.6 Å². The second-order valence-corrected chi connectivity index (χ2v) is 9.36. The highest BCUT2D eigenvalue weighted by molar-refractivity contribution is 6.32. The Balaban J connectivity index is 1.59. The first-order chi connectivity index (χ1) is 17.3. The zero-order chi connectivity index (χ0) is 25.4. The minimum atomic E-state index is -0.568. The van der Waals surface area contributed by atoms with E-state index in [4.69, 9.17) is 16.0 Å². The Hall–Kier alpha value is -4.02. The van der Waals surface area contributed by atoms with E-state index in [1.54, 1.807) is 30.3 Å². The summed E-state index contributed by atoms with van der Waals surface area (Å²) in [6, 6.07) is 16.6. The number of nitrogens with zero attached hydrogens (tertiary/aromatic N) is 2. The Kier molecular flexibility index (Phi) is 6.07. The van der Waals surface area contributed by atoms with Crippen LogP contribution in [0.3, 0.4) is 0 Å². The first-order valence-electron chi connectivity index (χ1n) is 11.5. The molecule has 2 aromatic heterocycles. The molecule has 1 amide bonds. The van der Waals surface area contributed by atoms with Gasteiger partial charge in [-0.2, -0.15) is 5.26 Å². The van der Waals surface area contributed by atoms with Crippen LogP contribution in [-0.2, 0) is 0 Å². The number of Topliss-reactive ketones (excluding diaryl/α,β-unsaturated/α-hetero) is 1. The van der Waals surface area contributed by atoms with Crippen molar-refractivity contribution in [2.24, 2.45) is 5.41 Å². The molecule has 1 saturated carbocycles. The molecule has 2 aromatic carbocycles. The van der Waals surface area contributed by atoms with Gasteiger partial charge in [-0.15, -0.1) is 0 Å². The molecule has 0 unspecified atom stereocenters. The van der Waals surface area contributed by atoms with Crippen molar-refractivity contribution in [2.75, 3.05) is 7.05 Å². The second-order valence-electron chi connectivity index (χ2n) is 9.00. The third-order valence-electron chi connectivity index (χ3n) is 6.74. The SMILES string of the molecule is CNC(=O)c1c(-c2ccc(F)cc2)oc2nc(Cl)c(-c3cccc(C(=O)CC4(C#N)CCC4)c3)cc12. The van der Waals surface area contributed by atoms with Crippen molar-refractivity contribution >= 4 is 34.4 Å². The number of furan rings is 1. The van der Waals surface area contributed by atoms with E-state index < -0.39 is 17.1 Å². The molecule has 1 N–H and O–H groups in total. The van der Waals surface area contributed by atoms with Crippen LogP contribution in [0.25, 0.3) is 33.6 Å². The number of pyridine rings is 1. The summed E-state index contributed by atoms with van der Waals surface area (Å²) in [5.74, 6) is -0.658. The summed E-state index contributed by atoms with van der Waals surface area (Å²) in [5.41, 5.74) is 2.01. The molecule has 0 atom stereocenters. The number of hydrogen-bond donors (Lipinski definition) is 1. The number of amides is 1. The van der Waals surface area contributed by atoms with E-state index in [1.807, 2.05) is 0 Å². The molecule has 0 aliphatic heterocycles. The molecule has 6 nitrogen and oxygen atoms in total. The van der Waals surface area contributed by atoms with Gasteiger partial charge >= 0.3 is 0 Å². The van der Waals surface area contributed by atoms with Crippen LogP contribution in [0.1, 0.15) is 46.4 Å². The summed E-state index contributed by atoms with van der Waals surface area (Å²) >= 11 is 6.52. The molecule has 1 fully saturated rings. The van der Waals surface area contributed by atoms with Crippen molar-refractivity contribution in [1.82, 2.24) is 10.3 Å². The van der Waals surface area contributed by atoms with Gasteiger partial charge < -0.3 is 9.73 Å². The van der Waals surface area contributed by atoms with Gasteiger partial charge in [-0.05, 0) is 54.8 Å². The number of rotatable bonds is 6. The number of halogens is 2. The van der Waals surface area contributed by atoms with E-state index >= 15 is 0 Å². The highest BCUT2D eigenvalue weighted by atomic mass is 35.5. The van der Waals surface area contributed by atoms with Crippen molar-refractivity contribution in [3.8, 4) is 28.5 Å². The van der Waals surface area contributed by atoms with Crippen LogP contribution in [0.5, 0.6) is 0 Å². The molecule has 8 heteroatoms. The fraction of sp³-hybridized carbons (Fsp3) is 0.214. The van der Waals surface area contributed by atoms with E-state index in [-0.39, 0.29) is 34.4 Å². The monoisotopic (exact) mass is 501 g/mol. The third kappa shape index (κ3) is 4.14. The first-order valence-corrected chi connectivity index (χ1v) is 11.9. The minimum Gasteiger partial charge on any atom is -0.437 e. The smallest absolute Gasteiger partial charge is 0.255 e. The van der Waals surface area contributed by atoms with Crippen LogP contribution in [0.2, 0.25) is 5.15 Å². The van der Waals surface area contributed by atoms with Gasteiger partial charge in [-0.3, -0.25) is 9.59 Å². The van der Waals surface area contributed by atoms with Crippen LogP contribution in [-0.4, -0.2) is 23.7 Å². The van der Waals surface area contributed by atoms with Crippen LogP contribution < -0.4 is 5.32 Å². The molecule has 0 bridgehead atoms. The van der Waals surface area contributed by atoms with Gasteiger partial charge in [0.2, 0.25) is 5.71 Å². The van der Waals surface area contributed by atoms with Gasteiger partial charge in [0.25, 0.3) is 5.91 Å². The number of fused-ring (bicyclic) bond motifs is 1. The predicted molar refractivity (Wildman–Crippen MR) is 134 cm³/mol. The Bertz CT molecular complexity index is 1550. The van der Waals surface area contributed by atoms with Gasteiger partial charge in [0.1, 0.15) is 16.7 Å². The molecule has 180 valence electrons. The van der Waals surface area contributed by atoms with Crippen molar-refractivity contribution < 1.29 is 18.4 Å². The quantitative estimate of drug-likeness (QED) is 0.238. The number of ketones is 1. The van der Waals surface area contributed by atoms with Crippen LogP contribution in [0.4, 0.5) is 4.39 Å². The van der Waals surface area contributed by atoms with Gasteiger partial charge in [0, 0.05) is 30.2 Å². The topological polar surface area (TPSA) is 96.0 Å². The fourth-order valence-corrected chi connectivity index (χ4v) is 4.80. The molecule has 0 radical (unpaired) electrons. The molecule has 5 rings (SSSR count). The molecule has 0 saturated heterocycles. The molecular formula is C28H21ClFN3O3. The summed E-state index contributed by atoms with van der Waals surface area (Å²) in [7, 11) is 1.51. The van der Waals surface area contributed by atoms with Crippen molar-refractivity contribution in [3.05, 3.63) is 76.7 Å². The number of carbonyl (C=O) groups excluding carboxylic acids is 2.